The number of rotatable bonds is 2. The number of H-pyrrole nitrogens is 1. The van der Waals surface area contributed by atoms with Crippen LogP contribution in [0.5, 0.6) is 5.75 Å². The number of aromatic hydroxyl groups is 1. The highest BCUT2D eigenvalue weighted by atomic mass is 19.4. The van der Waals surface area contributed by atoms with E-state index in [9.17, 15) is 23.1 Å². The molecular formula is C21H20F3N5O2. The third-order valence-electron chi connectivity index (χ3n) is 6.30. The summed E-state index contributed by atoms with van der Waals surface area (Å²) in [5.41, 5.74) is -0.226. The molecule has 3 aromatic rings. The second kappa shape index (κ2) is 6.94. The van der Waals surface area contributed by atoms with Gasteiger partial charge in [0.15, 0.2) is 11.3 Å². The number of amides is 1. The first-order valence-electron chi connectivity index (χ1n) is 10.0. The molecule has 1 amide bonds. The molecule has 2 aromatic heterocycles. The molecule has 162 valence electrons. The van der Waals surface area contributed by atoms with Crippen molar-refractivity contribution >= 4 is 16.9 Å². The molecule has 7 nitrogen and oxygen atoms in total. The van der Waals surface area contributed by atoms with Gasteiger partial charge < -0.3 is 15.3 Å². The summed E-state index contributed by atoms with van der Waals surface area (Å²) in [6.45, 7) is 2.83. The zero-order valence-corrected chi connectivity index (χ0v) is 16.5. The largest absolute Gasteiger partial charge is 0.508 e. The number of benzene rings is 1. The van der Waals surface area contributed by atoms with E-state index in [0.29, 0.717) is 24.3 Å². The first-order valence-corrected chi connectivity index (χ1v) is 10.0. The lowest BCUT2D eigenvalue weighted by Gasteiger charge is -2.48. The SMILES string of the molecule is O=C(c1cc(-c2ccc(O)cc2)nc2[nH]nc(C(F)(F)F)c12)N1CCC2(CC1)CNC2. The van der Waals surface area contributed by atoms with Gasteiger partial charge in [-0.05, 0) is 48.6 Å². The standard InChI is InChI=1S/C21H20F3N5O2/c22-21(23,24)17-16-14(19(31)29-7-5-20(6-8-29)10-25-11-20)9-15(26-18(16)28-27-17)12-1-3-13(30)4-2-12/h1-4,9,25,30H,5-8,10-11H2,(H,26,27,28). The number of hydrogen-bond donors (Lipinski definition) is 3. The number of aromatic nitrogens is 3. The molecule has 0 radical (unpaired) electrons. The van der Waals surface area contributed by atoms with E-state index in [2.05, 4.69) is 20.5 Å². The lowest BCUT2D eigenvalue weighted by molar-refractivity contribution is -0.139. The highest BCUT2D eigenvalue weighted by molar-refractivity contribution is 6.07. The zero-order valence-electron chi connectivity index (χ0n) is 16.5. The first-order chi connectivity index (χ1) is 14.8. The number of carbonyl (C=O) groups is 1. The van der Waals surface area contributed by atoms with Gasteiger partial charge in [0.1, 0.15) is 5.75 Å². The minimum absolute atomic E-state index is 0.0507. The van der Waals surface area contributed by atoms with Crippen LogP contribution in [0, 0.1) is 5.41 Å². The fourth-order valence-corrected chi connectivity index (χ4v) is 4.37. The Labute approximate surface area is 175 Å². The summed E-state index contributed by atoms with van der Waals surface area (Å²) in [4.78, 5) is 19.3. The van der Waals surface area contributed by atoms with E-state index < -0.39 is 17.8 Å². The number of pyridine rings is 1. The van der Waals surface area contributed by atoms with Gasteiger partial charge in [-0.25, -0.2) is 4.98 Å². The molecule has 2 aliphatic rings. The van der Waals surface area contributed by atoms with Gasteiger partial charge in [0.2, 0.25) is 0 Å². The molecule has 10 heteroatoms. The Balaban J connectivity index is 1.59. The summed E-state index contributed by atoms with van der Waals surface area (Å²) in [6.07, 6.45) is -3.08. The van der Waals surface area contributed by atoms with Crippen LogP contribution in [0.3, 0.4) is 0 Å². The van der Waals surface area contributed by atoms with Crippen LogP contribution >= 0.6 is 0 Å². The third-order valence-corrected chi connectivity index (χ3v) is 6.30. The number of nitrogens with one attached hydrogen (secondary N) is 2. The molecule has 2 aliphatic heterocycles. The topological polar surface area (TPSA) is 94.1 Å². The maximum atomic E-state index is 13.6. The second-order valence-corrected chi connectivity index (χ2v) is 8.29. The molecule has 2 fully saturated rings. The van der Waals surface area contributed by atoms with Crippen LogP contribution in [-0.2, 0) is 6.18 Å². The number of halogens is 3. The van der Waals surface area contributed by atoms with Gasteiger partial charge in [-0.2, -0.15) is 18.3 Å². The van der Waals surface area contributed by atoms with Crippen molar-refractivity contribution in [3.05, 3.63) is 41.6 Å². The Morgan fingerprint density at radius 1 is 1.13 bits per heavy atom. The highest BCUT2D eigenvalue weighted by Gasteiger charge is 2.42. The molecule has 3 N–H and O–H groups in total. The van der Waals surface area contributed by atoms with Crippen LogP contribution < -0.4 is 5.32 Å². The number of likely N-dealkylation sites (tertiary alicyclic amines) is 1. The van der Waals surface area contributed by atoms with E-state index in [4.69, 9.17) is 0 Å². The number of nitrogens with zero attached hydrogens (tertiary/aromatic N) is 3. The van der Waals surface area contributed by atoms with E-state index >= 15 is 0 Å². The molecule has 0 atom stereocenters. The Kier molecular flexibility index (Phi) is 4.44. The average Bonchev–Trinajstić information content (AvgIpc) is 3.17. The zero-order chi connectivity index (χ0) is 21.8. The second-order valence-electron chi connectivity index (χ2n) is 8.29. The van der Waals surface area contributed by atoms with E-state index in [1.54, 1.807) is 17.0 Å². The van der Waals surface area contributed by atoms with Crippen molar-refractivity contribution in [3.8, 4) is 17.0 Å². The number of piperidine rings is 1. The number of phenols is 1. The Morgan fingerprint density at radius 3 is 2.39 bits per heavy atom. The first kappa shape index (κ1) is 19.8. The Morgan fingerprint density at radius 2 is 1.81 bits per heavy atom. The smallest absolute Gasteiger partial charge is 0.435 e. The molecule has 0 aliphatic carbocycles. The van der Waals surface area contributed by atoms with E-state index in [-0.39, 0.29) is 27.8 Å². The molecular weight excluding hydrogens is 411 g/mol. The fourth-order valence-electron chi connectivity index (χ4n) is 4.37. The van der Waals surface area contributed by atoms with Crippen molar-refractivity contribution in [1.82, 2.24) is 25.4 Å². The molecule has 0 saturated carbocycles. The summed E-state index contributed by atoms with van der Waals surface area (Å²) in [6, 6.07) is 7.47. The van der Waals surface area contributed by atoms with Crippen molar-refractivity contribution in [1.29, 1.82) is 0 Å². The van der Waals surface area contributed by atoms with Gasteiger partial charge in [-0.1, -0.05) is 0 Å². The normalized spacial score (nSPS) is 18.4. The quantitative estimate of drug-likeness (QED) is 0.580. The molecule has 1 aromatic carbocycles. The summed E-state index contributed by atoms with van der Waals surface area (Å²) in [7, 11) is 0. The predicted octanol–water partition coefficient (Wildman–Crippen LogP) is 3.17. The summed E-state index contributed by atoms with van der Waals surface area (Å²) in [5, 5.41) is 18.2. The average molecular weight is 431 g/mol. The Bertz CT molecular complexity index is 1140. The maximum Gasteiger partial charge on any atom is 0.435 e. The molecule has 2 saturated heterocycles. The molecule has 0 bridgehead atoms. The van der Waals surface area contributed by atoms with E-state index in [1.807, 2.05) is 0 Å². The lowest BCUT2D eigenvalue weighted by atomic mass is 9.73. The number of carbonyl (C=O) groups excluding carboxylic acids is 1. The Hall–Kier alpha value is -3.14. The number of hydrogen-bond acceptors (Lipinski definition) is 5. The highest BCUT2D eigenvalue weighted by Crippen LogP contribution is 2.38. The van der Waals surface area contributed by atoms with Gasteiger partial charge in [0, 0.05) is 31.7 Å². The molecule has 31 heavy (non-hydrogen) atoms. The fraction of sp³-hybridized carbons (Fsp3) is 0.381. The van der Waals surface area contributed by atoms with Crippen molar-refractivity contribution in [2.24, 2.45) is 5.41 Å². The van der Waals surface area contributed by atoms with E-state index in [0.717, 1.165) is 25.9 Å². The van der Waals surface area contributed by atoms with Gasteiger partial charge in [-0.3, -0.25) is 9.89 Å². The van der Waals surface area contributed by atoms with Crippen LogP contribution in [-0.4, -0.2) is 57.3 Å². The van der Waals surface area contributed by atoms with Gasteiger partial charge in [0.25, 0.3) is 5.91 Å². The number of fused-ring (bicyclic) bond motifs is 1. The van der Waals surface area contributed by atoms with Crippen LogP contribution in [0.15, 0.2) is 30.3 Å². The van der Waals surface area contributed by atoms with Gasteiger partial charge >= 0.3 is 6.18 Å². The minimum Gasteiger partial charge on any atom is -0.508 e. The molecule has 4 heterocycles. The van der Waals surface area contributed by atoms with Crippen LogP contribution in [0.25, 0.3) is 22.3 Å². The number of alkyl halides is 3. The monoisotopic (exact) mass is 431 g/mol. The van der Waals surface area contributed by atoms with Gasteiger partial charge in [-0.15, -0.1) is 0 Å². The van der Waals surface area contributed by atoms with Crippen molar-refractivity contribution in [2.75, 3.05) is 26.2 Å². The molecule has 0 unspecified atom stereocenters. The van der Waals surface area contributed by atoms with Crippen molar-refractivity contribution < 1.29 is 23.1 Å². The number of aromatic amines is 1. The maximum absolute atomic E-state index is 13.6. The molecule has 1 spiro atoms. The minimum atomic E-state index is -4.72. The summed E-state index contributed by atoms with van der Waals surface area (Å²) in [5.74, 6) is -0.406. The van der Waals surface area contributed by atoms with Gasteiger partial charge in [0.05, 0.1) is 16.6 Å². The lowest BCUT2D eigenvalue weighted by Crippen LogP contribution is -2.58. The van der Waals surface area contributed by atoms with Crippen LogP contribution in [0.1, 0.15) is 28.9 Å². The van der Waals surface area contributed by atoms with E-state index in [1.165, 1.54) is 18.2 Å². The van der Waals surface area contributed by atoms with Crippen LogP contribution in [0.2, 0.25) is 0 Å². The summed E-state index contributed by atoms with van der Waals surface area (Å²) >= 11 is 0. The molecule has 5 rings (SSSR count). The summed E-state index contributed by atoms with van der Waals surface area (Å²) < 4.78 is 40.8. The van der Waals surface area contributed by atoms with Crippen LogP contribution in [0.4, 0.5) is 13.2 Å². The van der Waals surface area contributed by atoms with Crippen molar-refractivity contribution in [3.63, 3.8) is 0 Å². The van der Waals surface area contributed by atoms with Crippen molar-refractivity contribution in [2.45, 2.75) is 19.0 Å². The number of phenolic OH excluding ortho intramolecular Hbond substituents is 1. The predicted molar refractivity (Wildman–Crippen MR) is 106 cm³/mol. The third kappa shape index (κ3) is 3.40.